The highest BCUT2D eigenvalue weighted by molar-refractivity contribution is 7.89. The van der Waals surface area contributed by atoms with Gasteiger partial charge >= 0.3 is 0 Å². The Morgan fingerprint density at radius 2 is 1.75 bits per heavy atom. The molecular formula is C21H28N2O4S. The van der Waals surface area contributed by atoms with E-state index in [2.05, 4.69) is 5.32 Å². The van der Waals surface area contributed by atoms with E-state index in [1.54, 1.807) is 30.3 Å². The third kappa shape index (κ3) is 6.35. The molecule has 2 rings (SSSR count). The molecule has 2 aromatic carbocycles. The molecule has 1 atom stereocenters. The zero-order valence-corrected chi connectivity index (χ0v) is 17.4. The van der Waals surface area contributed by atoms with E-state index in [1.165, 1.54) is 11.4 Å². The average molecular weight is 405 g/mol. The molecule has 1 amide bonds. The second-order valence-electron chi connectivity index (χ2n) is 6.79. The van der Waals surface area contributed by atoms with Crippen LogP contribution in [-0.4, -0.2) is 44.9 Å². The molecule has 0 saturated heterocycles. The lowest BCUT2D eigenvalue weighted by Gasteiger charge is -2.18. The van der Waals surface area contributed by atoms with Gasteiger partial charge in [-0.25, -0.2) is 12.7 Å². The van der Waals surface area contributed by atoms with E-state index >= 15 is 0 Å². The summed E-state index contributed by atoms with van der Waals surface area (Å²) in [5, 5.41) is 2.88. The van der Waals surface area contributed by atoms with Crippen molar-refractivity contribution in [3.8, 4) is 5.75 Å². The predicted molar refractivity (Wildman–Crippen MR) is 110 cm³/mol. The Hall–Kier alpha value is -2.38. The Morgan fingerprint density at radius 1 is 1.11 bits per heavy atom. The first kappa shape index (κ1) is 21.9. The van der Waals surface area contributed by atoms with Gasteiger partial charge in [0.1, 0.15) is 12.4 Å². The van der Waals surface area contributed by atoms with Crippen molar-refractivity contribution >= 4 is 15.9 Å². The monoisotopic (exact) mass is 404 g/mol. The molecule has 0 unspecified atom stereocenters. The highest BCUT2D eigenvalue weighted by Gasteiger charge is 2.20. The van der Waals surface area contributed by atoms with Crippen molar-refractivity contribution in [1.82, 2.24) is 9.62 Å². The van der Waals surface area contributed by atoms with Crippen LogP contribution in [0.1, 0.15) is 25.3 Å². The molecule has 0 saturated carbocycles. The number of hydrogen-bond donors (Lipinski definition) is 1. The van der Waals surface area contributed by atoms with Gasteiger partial charge in [-0.15, -0.1) is 0 Å². The summed E-state index contributed by atoms with van der Waals surface area (Å²) in [6.07, 6.45) is 0.698. The number of hydrogen-bond acceptors (Lipinski definition) is 4. The maximum Gasteiger partial charge on any atom is 0.242 e. The first-order chi connectivity index (χ1) is 13.3. The summed E-state index contributed by atoms with van der Waals surface area (Å²) < 4.78 is 31.9. The lowest BCUT2D eigenvalue weighted by molar-refractivity contribution is -0.122. The molecular weight excluding hydrogens is 376 g/mol. The van der Waals surface area contributed by atoms with Crippen molar-refractivity contribution < 1.29 is 17.9 Å². The van der Waals surface area contributed by atoms with E-state index in [0.717, 1.165) is 11.3 Å². The van der Waals surface area contributed by atoms with Gasteiger partial charge in [0, 0.05) is 20.0 Å². The van der Waals surface area contributed by atoms with Crippen LogP contribution < -0.4 is 10.1 Å². The second-order valence-corrected chi connectivity index (χ2v) is 8.83. The Morgan fingerprint density at radius 3 is 2.43 bits per heavy atom. The minimum absolute atomic E-state index is 0.119. The molecule has 0 aliphatic heterocycles. The molecule has 1 N–H and O–H groups in total. The molecule has 0 aromatic heterocycles. The van der Waals surface area contributed by atoms with E-state index in [-0.39, 0.29) is 29.8 Å². The van der Waals surface area contributed by atoms with Crippen LogP contribution in [-0.2, 0) is 14.8 Å². The van der Waals surface area contributed by atoms with Crippen molar-refractivity contribution in [2.24, 2.45) is 0 Å². The van der Waals surface area contributed by atoms with Crippen LogP contribution >= 0.6 is 0 Å². The lowest BCUT2D eigenvalue weighted by atomic mass is 10.2. The van der Waals surface area contributed by atoms with Gasteiger partial charge in [-0.1, -0.05) is 36.4 Å². The zero-order valence-electron chi connectivity index (χ0n) is 16.6. The largest absolute Gasteiger partial charge is 0.491 e. The summed E-state index contributed by atoms with van der Waals surface area (Å²) in [7, 11) is -2.00. The number of carbonyl (C=O) groups is 1. The maximum absolute atomic E-state index is 12.4. The summed E-state index contributed by atoms with van der Waals surface area (Å²) in [5.74, 6) is 0.683. The number of nitrogens with one attached hydrogen (secondary N) is 1. The fourth-order valence-corrected chi connectivity index (χ4v) is 3.91. The number of ether oxygens (including phenoxy) is 1. The average Bonchev–Trinajstić information content (AvgIpc) is 2.68. The van der Waals surface area contributed by atoms with Gasteiger partial charge in [-0.3, -0.25) is 4.79 Å². The number of para-hydroxylation sites is 1. The van der Waals surface area contributed by atoms with E-state index in [0.29, 0.717) is 13.0 Å². The molecule has 0 bridgehead atoms. The summed E-state index contributed by atoms with van der Waals surface area (Å²) in [6.45, 7) is 4.50. The molecule has 28 heavy (non-hydrogen) atoms. The molecule has 7 heteroatoms. The lowest BCUT2D eigenvalue weighted by Crippen LogP contribution is -2.37. The molecule has 0 fully saturated rings. The standard InChI is InChI=1S/C21H28N2O4S/c1-17-10-7-8-13-20(17)27-16-18(2)22-21(24)14-9-15-23(3)28(25,26)19-11-5-4-6-12-19/h4-8,10-13,18H,9,14-16H2,1-3H3,(H,22,24)/t18-/m0/s1. The SMILES string of the molecule is Cc1ccccc1OC[C@H](C)NC(=O)CCCN(C)S(=O)(=O)c1ccccc1. The summed E-state index contributed by atoms with van der Waals surface area (Å²) in [6, 6.07) is 15.9. The van der Waals surface area contributed by atoms with Crippen LogP contribution in [0.15, 0.2) is 59.5 Å². The molecule has 152 valence electrons. The number of nitrogens with zero attached hydrogens (tertiary/aromatic N) is 1. The van der Waals surface area contributed by atoms with Crippen molar-refractivity contribution in [3.05, 3.63) is 60.2 Å². The predicted octanol–water partition coefficient (Wildman–Crippen LogP) is 2.98. The van der Waals surface area contributed by atoms with E-state index in [4.69, 9.17) is 4.74 Å². The fourth-order valence-electron chi connectivity index (χ4n) is 2.68. The van der Waals surface area contributed by atoms with Crippen LogP contribution in [0.4, 0.5) is 0 Å². The Kier molecular flexibility index (Phi) is 8.02. The van der Waals surface area contributed by atoms with Crippen LogP contribution in [0.25, 0.3) is 0 Å². The minimum atomic E-state index is -3.52. The van der Waals surface area contributed by atoms with Gasteiger partial charge in [0.15, 0.2) is 0 Å². The van der Waals surface area contributed by atoms with Gasteiger partial charge in [0.05, 0.1) is 10.9 Å². The molecule has 6 nitrogen and oxygen atoms in total. The van der Waals surface area contributed by atoms with E-state index in [1.807, 2.05) is 38.1 Å². The first-order valence-corrected chi connectivity index (χ1v) is 10.7. The van der Waals surface area contributed by atoms with Crippen molar-refractivity contribution in [1.29, 1.82) is 0 Å². The minimum Gasteiger partial charge on any atom is -0.491 e. The molecule has 0 aliphatic carbocycles. The first-order valence-electron chi connectivity index (χ1n) is 9.30. The third-order valence-electron chi connectivity index (χ3n) is 4.32. The zero-order chi connectivity index (χ0) is 20.6. The summed E-state index contributed by atoms with van der Waals surface area (Å²) in [5.41, 5.74) is 1.05. The highest BCUT2D eigenvalue weighted by Crippen LogP contribution is 2.16. The van der Waals surface area contributed by atoms with Crippen molar-refractivity contribution in [2.45, 2.75) is 37.6 Å². The van der Waals surface area contributed by atoms with Gasteiger partial charge in [0.25, 0.3) is 0 Å². The summed E-state index contributed by atoms with van der Waals surface area (Å²) in [4.78, 5) is 12.4. The molecule has 2 aromatic rings. The number of aryl methyl sites for hydroxylation is 1. The van der Waals surface area contributed by atoms with Crippen LogP contribution in [0.3, 0.4) is 0 Å². The molecule has 0 radical (unpaired) electrons. The number of sulfonamides is 1. The Balaban J connectivity index is 1.72. The number of benzene rings is 2. The quantitative estimate of drug-likeness (QED) is 0.661. The number of rotatable bonds is 10. The van der Waals surface area contributed by atoms with Gasteiger partial charge in [-0.2, -0.15) is 0 Å². The highest BCUT2D eigenvalue weighted by atomic mass is 32.2. The van der Waals surface area contributed by atoms with Gasteiger partial charge in [0.2, 0.25) is 15.9 Å². The Bertz CT molecular complexity index is 869. The molecule has 0 heterocycles. The third-order valence-corrected chi connectivity index (χ3v) is 6.19. The normalized spacial score (nSPS) is 12.6. The smallest absolute Gasteiger partial charge is 0.242 e. The van der Waals surface area contributed by atoms with Gasteiger partial charge < -0.3 is 10.1 Å². The van der Waals surface area contributed by atoms with Crippen LogP contribution in [0.2, 0.25) is 0 Å². The number of carbonyl (C=O) groups excluding carboxylic acids is 1. The molecule has 0 spiro atoms. The van der Waals surface area contributed by atoms with Crippen molar-refractivity contribution in [3.63, 3.8) is 0 Å². The maximum atomic E-state index is 12.4. The van der Waals surface area contributed by atoms with Crippen LogP contribution in [0.5, 0.6) is 5.75 Å². The fraction of sp³-hybridized carbons (Fsp3) is 0.381. The topological polar surface area (TPSA) is 75.7 Å². The van der Waals surface area contributed by atoms with Gasteiger partial charge in [-0.05, 0) is 44.0 Å². The molecule has 0 aliphatic rings. The van der Waals surface area contributed by atoms with E-state index < -0.39 is 10.0 Å². The number of amides is 1. The Labute approximate surface area is 167 Å². The van der Waals surface area contributed by atoms with Crippen LogP contribution in [0, 0.1) is 6.92 Å². The second kappa shape index (κ2) is 10.2. The van der Waals surface area contributed by atoms with Crippen molar-refractivity contribution in [2.75, 3.05) is 20.2 Å². The van der Waals surface area contributed by atoms with E-state index in [9.17, 15) is 13.2 Å². The summed E-state index contributed by atoms with van der Waals surface area (Å²) >= 11 is 0.